The second-order valence-corrected chi connectivity index (χ2v) is 25.5. The quantitative estimate of drug-likeness (QED) is 0.0890. The van der Waals surface area contributed by atoms with E-state index >= 15 is 0 Å². The Morgan fingerprint density at radius 3 is 1.96 bits per heavy atom. The summed E-state index contributed by atoms with van der Waals surface area (Å²) in [6, 6.07) is 0. The molecule has 9 aliphatic rings. The van der Waals surface area contributed by atoms with Gasteiger partial charge in [0, 0.05) is 0 Å². The number of aliphatic carboxylic acids is 1. The highest BCUT2D eigenvalue weighted by molar-refractivity contribution is 5.76. The van der Waals surface area contributed by atoms with Gasteiger partial charge >= 0.3 is 5.97 Å². The van der Waals surface area contributed by atoms with Gasteiger partial charge in [-0.25, -0.2) is 0 Å². The number of carboxylic acid groups (broad SMARTS) is 1. The van der Waals surface area contributed by atoms with E-state index in [1.54, 1.807) is 0 Å². The van der Waals surface area contributed by atoms with Crippen LogP contribution in [0.15, 0.2) is 11.6 Å². The Balaban J connectivity index is 0.997. The van der Waals surface area contributed by atoms with Crippen LogP contribution in [0.1, 0.15) is 113 Å². The first-order chi connectivity index (χ1) is 34.2. The van der Waals surface area contributed by atoms with Crippen LogP contribution in [0.4, 0.5) is 0 Å². The average Bonchev–Trinajstić information content (AvgIpc) is 3.62. The standard InChI is InChI=1S/C52H84O21/c1-46(2)14-16-51(45(63)64)17-15-49(6)24(25(51)18-46)8-9-30-48(5)12-11-31(47(3,4)29(48)10-13-50(30,49)7)70-43-39(73-42-35(60)34(59)32(57)27(19-53)68-42)38(33(58)28(20-54)69-43)72-41-36(61)37(26(56)21-66-41)71-44-40(62)52(65,22-55)23-67-44/h8,25-44,53-62,65H,9-23H2,1-7H3,(H,63,64)/t25-,26-,27+,28+,29?,30+,31-,32+,33+,34-,35+,36+,37-,38-,39+,40-,41-,42-,43-,44-,48-,49+,50+,51-,52+/m0/s1. The summed E-state index contributed by atoms with van der Waals surface area (Å²) < 4.78 is 48.7. The largest absolute Gasteiger partial charge is 0.481 e. The fourth-order valence-corrected chi connectivity index (χ4v) is 16.1. The molecule has 4 saturated carbocycles. The zero-order valence-electron chi connectivity index (χ0n) is 43.3. The van der Waals surface area contributed by atoms with Gasteiger partial charge in [-0.1, -0.05) is 60.1 Å². The van der Waals surface area contributed by atoms with Gasteiger partial charge in [0.2, 0.25) is 0 Å². The number of hydrogen-bond acceptors (Lipinski definition) is 20. The molecule has 0 amide bonds. The van der Waals surface area contributed by atoms with Crippen LogP contribution in [0.25, 0.3) is 0 Å². The minimum absolute atomic E-state index is 0.0239. The first-order valence-electron chi connectivity index (χ1n) is 26.6. The van der Waals surface area contributed by atoms with Gasteiger partial charge in [-0.2, -0.15) is 0 Å². The Kier molecular flexibility index (Phi) is 15.4. The average molecular weight is 1050 g/mol. The molecule has 0 aromatic rings. The molecule has 418 valence electrons. The smallest absolute Gasteiger partial charge is 0.310 e. The predicted octanol–water partition coefficient (Wildman–Crippen LogP) is -0.190. The van der Waals surface area contributed by atoms with E-state index in [1.807, 2.05) is 0 Å². The van der Waals surface area contributed by atoms with Crippen LogP contribution in [0.5, 0.6) is 0 Å². The molecule has 0 aromatic carbocycles. The van der Waals surface area contributed by atoms with Gasteiger partial charge in [0.05, 0.1) is 44.6 Å². The van der Waals surface area contributed by atoms with Gasteiger partial charge in [0.1, 0.15) is 78.8 Å². The van der Waals surface area contributed by atoms with Crippen molar-refractivity contribution in [2.24, 2.45) is 50.2 Å². The van der Waals surface area contributed by atoms with Crippen molar-refractivity contribution in [2.45, 2.75) is 223 Å². The molecule has 0 spiro atoms. The van der Waals surface area contributed by atoms with E-state index in [2.05, 4.69) is 54.5 Å². The minimum Gasteiger partial charge on any atom is -0.481 e. The van der Waals surface area contributed by atoms with Gasteiger partial charge < -0.3 is 99.2 Å². The molecular weight excluding hydrogens is 961 g/mol. The van der Waals surface area contributed by atoms with Crippen LogP contribution in [0.2, 0.25) is 0 Å². The van der Waals surface area contributed by atoms with Crippen molar-refractivity contribution in [3.63, 3.8) is 0 Å². The summed E-state index contributed by atoms with van der Waals surface area (Å²) in [5.74, 6) is -0.326. The molecule has 0 radical (unpaired) electrons. The molecule has 0 bridgehead atoms. The normalized spacial score (nSPS) is 53.5. The summed E-state index contributed by atoms with van der Waals surface area (Å²) in [6.45, 7) is 12.7. The summed E-state index contributed by atoms with van der Waals surface area (Å²) >= 11 is 0. The van der Waals surface area contributed by atoms with Crippen LogP contribution in [0.3, 0.4) is 0 Å². The van der Waals surface area contributed by atoms with Crippen molar-refractivity contribution in [2.75, 3.05) is 33.0 Å². The lowest BCUT2D eigenvalue weighted by Gasteiger charge is -2.71. The zero-order valence-corrected chi connectivity index (χ0v) is 43.3. The highest BCUT2D eigenvalue weighted by Crippen LogP contribution is 2.76. The van der Waals surface area contributed by atoms with Gasteiger partial charge in [-0.05, 0) is 109 Å². The van der Waals surface area contributed by atoms with E-state index in [4.69, 9.17) is 37.9 Å². The van der Waals surface area contributed by atoms with E-state index in [-0.39, 0.29) is 39.4 Å². The monoisotopic (exact) mass is 1040 g/mol. The highest BCUT2D eigenvalue weighted by Gasteiger charge is 2.70. The summed E-state index contributed by atoms with van der Waals surface area (Å²) in [6.07, 6.45) is -17.2. The Bertz CT molecular complexity index is 2020. The number of ether oxygens (including phenoxy) is 8. The molecule has 5 aliphatic carbocycles. The lowest BCUT2D eigenvalue weighted by atomic mass is 9.33. The molecule has 1 unspecified atom stereocenters. The maximum atomic E-state index is 13.2. The Hall–Kier alpha value is -1.55. The van der Waals surface area contributed by atoms with Gasteiger partial charge in [0.15, 0.2) is 25.2 Å². The number of aliphatic hydroxyl groups is 11. The van der Waals surface area contributed by atoms with Crippen molar-refractivity contribution in [1.82, 2.24) is 0 Å². The van der Waals surface area contributed by atoms with Crippen LogP contribution < -0.4 is 0 Å². The first kappa shape index (κ1) is 56.2. The van der Waals surface area contributed by atoms with E-state index in [1.165, 1.54) is 5.57 Å². The fraction of sp³-hybridized carbons (Fsp3) is 0.942. The Morgan fingerprint density at radius 2 is 1.30 bits per heavy atom. The third kappa shape index (κ3) is 9.01. The third-order valence-corrected chi connectivity index (χ3v) is 20.8. The minimum atomic E-state index is -2.09. The van der Waals surface area contributed by atoms with E-state index in [0.717, 1.165) is 44.9 Å². The topological polar surface area (TPSA) is 334 Å². The molecule has 12 N–H and O–H groups in total. The van der Waals surface area contributed by atoms with Crippen molar-refractivity contribution in [3.05, 3.63) is 11.6 Å². The van der Waals surface area contributed by atoms with Crippen LogP contribution in [-0.4, -0.2) is 210 Å². The maximum Gasteiger partial charge on any atom is 0.310 e. The SMILES string of the molecule is CC1(C)CC[C@]2(C(=O)O)CC[C@]3(C)C(=CC[C@@H]4[C@@]5(C)CC[C@H](O[C@@H]6O[C@H](CO)[C@@H](O)[C@H](O[C@@H]7OC[C@H](O)[C@H](O[C@@H]8OC[C@](O)(CO)[C@H]8O)[C@H]7O)[C@H]6O[C@@H]6O[C@H](CO)[C@@H](O)[C@H](O)[C@H]6O)C(C)(C)C5CC[C@]43C)[C@@H]2C1. The molecule has 0 aromatic heterocycles. The van der Waals surface area contributed by atoms with E-state index < -0.39 is 160 Å². The van der Waals surface area contributed by atoms with Crippen LogP contribution in [-0.2, 0) is 42.7 Å². The molecule has 9 rings (SSSR count). The van der Waals surface area contributed by atoms with Gasteiger partial charge in [-0.3, -0.25) is 4.79 Å². The molecular formula is C52H84O21. The summed E-state index contributed by atoms with van der Waals surface area (Å²) in [4.78, 5) is 13.2. The molecule has 73 heavy (non-hydrogen) atoms. The Morgan fingerprint density at radius 1 is 0.658 bits per heavy atom. The number of allylic oxidation sites excluding steroid dienone is 2. The number of aliphatic hydroxyl groups excluding tert-OH is 10. The lowest BCUT2D eigenvalue weighted by Crippen LogP contribution is -2.68. The number of carboxylic acids is 1. The molecule has 4 aliphatic heterocycles. The van der Waals surface area contributed by atoms with Crippen molar-refractivity contribution in [3.8, 4) is 0 Å². The number of fused-ring (bicyclic) bond motifs is 7. The molecule has 4 heterocycles. The number of hydrogen-bond donors (Lipinski definition) is 12. The van der Waals surface area contributed by atoms with Crippen LogP contribution in [0, 0.1) is 50.2 Å². The molecule has 21 heteroatoms. The van der Waals surface area contributed by atoms with E-state index in [0.29, 0.717) is 19.3 Å². The summed E-state index contributed by atoms with van der Waals surface area (Å²) in [5, 5.41) is 130. The molecule has 8 fully saturated rings. The summed E-state index contributed by atoms with van der Waals surface area (Å²) in [7, 11) is 0. The first-order valence-corrected chi connectivity index (χ1v) is 26.6. The summed E-state index contributed by atoms with van der Waals surface area (Å²) in [5.41, 5.74) is -2.53. The van der Waals surface area contributed by atoms with Crippen LogP contribution >= 0.6 is 0 Å². The Labute approximate surface area is 426 Å². The number of carbonyl (C=O) groups is 1. The molecule has 21 nitrogen and oxygen atoms in total. The highest BCUT2D eigenvalue weighted by atomic mass is 16.8. The number of rotatable bonds is 12. The lowest BCUT2D eigenvalue weighted by molar-refractivity contribution is -0.398. The maximum absolute atomic E-state index is 13.2. The van der Waals surface area contributed by atoms with Gasteiger partial charge in [0.25, 0.3) is 0 Å². The van der Waals surface area contributed by atoms with E-state index in [9.17, 15) is 66.1 Å². The second-order valence-electron chi connectivity index (χ2n) is 25.5. The van der Waals surface area contributed by atoms with Crippen molar-refractivity contribution < 1.29 is 104 Å². The second kappa shape index (κ2) is 20.0. The molecule has 4 saturated heterocycles. The van der Waals surface area contributed by atoms with Gasteiger partial charge in [-0.15, -0.1) is 0 Å². The van der Waals surface area contributed by atoms with Crippen molar-refractivity contribution in [1.29, 1.82) is 0 Å². The fourth-order valence-electron chi connectivity index (χ4n) is 16.1. The predicted molar refractivity (Wildman–Crippen MR) is 251 cm³/mol. The third-order valence-electron chi connectivity index (χ3n) is 20.8. The molecule has 25 atom stereocenters. The zero-order chi connectivity index (χ0) is 53.2. The van der Waals surface area contributed by atoms with Crippen molar-refractivity contribution >= 4 is 5.97 Å².